The lowest BCUT2D eigenvalue weighted by molar-refractivity contribution is -0.120. The Hall–Kier alpha value is -1.31. The van der Waals surface area contributed by atoms with Crippen LogP contribution in [0.2, 0.25) is 0 Å². The van der Waals surface area contributed by atoms with E-state index in [-0.39, 0.29) is 5.91 Å². The summed E-state index contributed by atoms with van der Waals surface area (Å²) in [5.41, 5.74) is 1.09. The number of amides is 1. The molecule has 2 heteroatoms. The number of nitrogens with one attached hydrogen (secondary N) is 1. The molecule has 0 fully saturated rings. The van der Waals surface area contributed by atoms with Gasteiger partial charge in [-0.05, 0) is 18.9 Å². The van der Waals surface area contributed by atoms with Gasteiger partial charge in [-0.15, -0.1) is 0 Å². The third-order valence-electron chi connectivity index (χ3n) is 1.78. The quantitative estimate of drug-likeness (QED) is 0.645. The van der Waals surface area contributed by atoms with Crippen molar-refractivity contribution >= 4 is 5.91 Å². The monoisotopic (exact) mass is 193 g/mol. The summed E-state index contributed by atoms with van der Waals surface area (Å²) in [5, 5.41) is 2.85. The Kier molecular flexibility index (Phi) is 7.52. The van der Waals surface area contributed by atoms with E-state index in [9.17, 15) is 4.79 Å². The Morgan fingerprint density at radius 1 is 1.50 bits per heavy atom. The van der Waals surface area contributed by atoms with Crippen LogP contribution in [0.3, 0.4) is 0 Å². The topological polar surface area (TPSA) is 29.1 Å². The number of rotatable bonds is 6. The molecular weight excluding hydrogens is 174 g/mol. The standard InChI is InChI=1S/C12H19NO/c1-4-7-9-11(6-3)10-13-12(14)8-5-2/h4,6-7,9H,1,5,8,10H2,2-3H3,(H,13,14)/b9-7-,11-6+. The predicted molar refractivity (Wildman–Crippen MR) is 61.0 cm³/mol. The number of carbonyl (C=O) groups is 1. The first-order chi connectivity index (χ1) is 6.74. The fourth-order valence-electron chi connectivity index (χ4n) is 0.965. The van der Waals surface area contributed by atoms with Gasteiger partial charge in [-0.25, -0.2) is 0 Å². The fraction of sp³-hybridized carbons (Fsp3) is 0.417. The van der Waals surface area contributed by atoms with Crippen LogP contribution in [0.5, 0.6) is 0 Å². The average Bonchev–Trinajstić information content (AvgIpc) is 2.19. The SMILES string of the molecule is C=C/C=C\C(=C/C)CNC(=O)CCC. The zero-order chi connectivity index (χ0) is 10.8. The molecule has 0 saturated heterocycles. The summed E-state index contributed by atoms with van der Waals surface area (Å²) in [7, 11) is 0. The maximum Gasteiger partial charge on any atom is 0.220 e. The van der Waals surface area contributed by atoms with Gasteiger partial charge in [0.2, 0.25) is 5.91 Å². The molecule has 0 radical (unpaired) electrons. The summed E-state index contributed by atoms with van der Waals surface area (Å²) >= 11 is 0. The van der Waals surface area contributed by atoms with Crippen molar-refractivity contribution in [3.8, 4) is 0 Å². The fourth-order valence-corrected chi connectivity index (χ4v) is 0.965. The highest BCUT2D eigenvalue weighted by atomic mass is 16.1. The Bertz CT molecular complexity index is 239. The molecular formula is C12H19NO. The summed E-state index contributed by atoms with van der Waals surface area (Å²) in [6, 6.07) is 0. The van der Waals surface area contributed by atoms with Crippen LogP contribution in [-0.2, 0) is 4.79 Å². The molecule has 0 rings (SSSR count). The van der Waals surface area contributed by atoms with Crippen LogP contribution >= 0.6 is 0 Å². The van der Waals surface area contributed by atoms with E-state index in [1.54, 1.807) is 6.08 Å². The number of allylic oxidation sites excluding steroid dienone is 3. The molecule has 0 aliphatic heterocycles. The van der Waals surface area contributed by atoms with Crippen molar-refractivity contribution in [1.29, 1.82) is 0 Å². The van der Waals surface area contributed by atoms with Gasteiger partial charge >= 0.3 is 0 Å². The molecule has 0 aliphatic rings. The minimum absolute atomic E-state index is 0.110. The van der Waals surface area contributed by atoms with Gasteiger partial charge in [-0.1, -0.05) is 37.8 Å². The average molecular weight is 193 g/mol. The van der Waals surface area contributed by atoms with E-state index >= 15 is 0 Å². The van der Waals surface area contributed by atoms with Crippen molar-refractivity contribution in [2.45, 2.75) is 26.7 Å². The van der Waals surface area contributed by atoms with E-state index in [4.69, 9.17) is 0 Å². The van der Waals surface area contributed by atoms with Crippen LogP contribution < -0.4 is 5.32 Å². The van der Waals surface area contributed by atoms with E-state index in [1.165, 1.54) is 0 Å². The second-order valence-corrected chi connectivity index (χ2v) is 2.99. The highest BCUT2D eigenvalue weighted by Gasteiger charge is 1.98. The van der Waals surface area contributed by atoms with Crippen LogP contribution in [0.15, 0.2) is 36.5 Å². The first-order valence-electron chi connectivity index (χ1n) is 4.95. The van der Waals surface area contributed by atoms with E-state index < -0.39 is 0 Å². The Morgan fingerprint density at radius 2 is 2.21 bits per heavy atom. The van der Waals surface area contributed by atoms with Gasteiger partial charge in [-0.3, -0.25) is 4.79 Å². The van der Waals surface area contributed by atoms with Crippen LogP contribution in [0.4, 0.5) is 0 Å². The first-order valence-corrected chi connectivity index (χ1v) is 4.95. The first kappa shape index (κ1) is 12.7. The summed E-state index contributed by atoms with van der Waals surface area (Å²) in [5.74, 6) is 0.110. The maximum absolute atomic E-state index is 11.2. The molecule has 1 N–H and O–H groups in total. The van der Waals surface area contributed by atoms with E-state index in [0.29, 0.717) is 13.0 Å². The van der Waals surface area contributed by atoms with Gasteiger partial charge in [0.1, 0.15) is 0 Å². The largest absolute Gasteiger partial charge is 0.352 e. The zero-order valence-corrected chi connectivity index (χ0v) is 9.05. The van der Waals surface area contributed by atoms with Gasteiger partial charge in [0.05, 0.1) is 0 Å². The summed E-state index contributed by atoms with van der Waals surface area (Å²) in [4.78, 5) is 11.2. The Labute approximate surface area is 86.4 Å². The normalized spacial score (nSPS) is 11.7. The van der Waals surface area contributed by atoms with Crippen LogP contribution in [-0.4, -0.2) is 12.5 Å². The highest BCUT2D eigenvalue weighted by Crippen LogP contribution is 1.96. The minimum atomic E-state index is 0.110. The lowest BCUT2D eigenvalue weighted by atomic mass is 10.2. The lowest BCUT2D eigenvalue weighted by Crippen LogP contribution is -2.24. The lowest BCUT2D eigenvalue weighted by Gasteiger charge is -2.04. The van der Waals surface area contributed by atoms with Gasteiger partial charge in [0, 0.05) is 13.0 Å². The second-order valence-electron chi connectivity index (χ2n) is 2.99. The van der Waals surface area contributed by atoms with Crippen molar-refractivity contribution in [2.24, 2.45) is 0 Å². The Morgan fingerprint density at radius 3 is 2.71 bits per heavy atom. The molecule has 78 valence electrons. The highest BCUT2D eigenvalue weighted by molar-refractivity contribution is 5.76. The molecule has 0 aromatic heterocycles. The smallest absolute Gasteiger partial charge is 0.220 e. The molecule has 0 aromatic carbocycles. The van der Waals surface area contributed by atoms with E-state index in [1.807, 2.05) is 32.1 Å². The summed E-state index contributed by atoms with van der Waals surface area (Å²) in [6.45, 7) is 8.13. The molecule has 0 atom stereocenters. The zero-order valence-electron chi connectivity index (χ0n) is 9.05. The molecule has 2 nitrogen and oxygen atoms in total. The molecule has 0 unspecified atom stereocenters. The third kappa shape index (κ3) is 6.23. The minimum Gasteiger partial charge on any atom is -0.352 e. The van der Waals surface area contributed by atoms with Gasteiger partial charge in [-0.2, -0.15) is 0 Å². The predicted octanol–water partition coefficient (Wildman–Crippen LogP) is 2.59. The van der Waals surface area contributed by atoms with Crippen LogP contribution in [0.25, 0.3) is 0 Å². The summed E-state index contributed by atoms with van der Waals surface area (Å²) < 4.78 is 0. The van der Waals surface area contributed by atoms with E-state index in [2.05, 4.69) is 11.9 Å². The third-order valence-corrected chi connectivity index (χ3v) is 1.78. The van der Waals surface area contributed by atoms with Gasteiger partial charge < -0.3 is 5.32 Å². The molecule has 0 heterocycles. The van der Waals surface area contributed by atoms with Gasteiger partial charge in [0.15, 0.2) is 0 Å². The summed E-state index contributed by atoms with van der Waals surface area (Å²) in [6.07, 6.45) is 8.99. The molecule has 0 aromatic rings. The van der Waals surface area contributed by atoms with E-state index in [0.717, 1.165) is 12.0 Å². The van der Waals surface area contributed by atoms with Gasteiger partial charge in [0.25, 0.3) is 0 Å². The molecule has 14 heavy (non-hydrogen) atoms. The van der Waals surface area contributed by atoms with Crippen molar-refractivity contribution in [3.05, 3.63) is 36.5 Å². The number of hydrogen-bond donors (Lipinski definition) is 1. The molecule has 0 aliphatic carbocycles. The van der Waals surface area contributed by atoms with Crippen LogP contribution in [0, 0.1) is 0 Å². The maximum atomic E-state index is 11.2. The number of carbonyl (C=O) groups excluding carboxylic acids is 1. The van der Waals surface area contributed by atoms with Crippen molar-refractivity contribution in [1.82, 2.24) is 5.32 Å². The number of hydrogen-bond acceptors (Lipinski definition) is 1. The molecule has 0 bridgehead atoms. The van der Waals surface area contributed by atoms with Crippen molar-refractivity contribution in [2.75, 3.05) is 6.54 Å². The second kappa shape index (κ2) is 8.30. The Balaban J connectivity index is 3.91. The molecule has 0 saturated carbocycles. The van der Waals surface area contributed by atoms with Crippen LogP contribution in [0.1, 0.15) is 26.7 Å². The molecule has 0 spiro atoms. The van der Waals surface area contributed by atoms with Crippen molar-refractivity contribution < 1.29 is 4.79 Å². The molecule has 1 amide bonds. The van der Waals surface area contributed by atoms with Crippen molar-refractivity contribution in [3.63, 3.8) is 0 Å².